The molecule has 11 heteroatoms. The molecule has 0 radical (unpaired) electrons. The number of nitro groups is 1. The van der Waals surface area contributed by atoms with Crippen LogP contribution in [0.1, 0.15) is 16.1 Å². The number of halogens is 2. The zero-order chi connectivity index (χ0) is 18.0. The number of anilines is 1. The molecule has 25 heavy (non-hydrogen) atoms. The molecule has 9 nitrogen and oxygen atoms in total. The van der Waals surface area contributed by atoms with Crippen molar-refractivity contribution >= 4 is 40.6 Å². The van der Waals surface area contributed by atoms with Gasteiger partial charge in [-0.15, -0.1) is 5.10 Å². The standard InChI is InChI=1S/C14H10Cl2N6O3/c15-9-3-1-2-8(4-9)6-21-7-10(5-17-21)18-14(23)12-11(16)13(20-19-12)22(24)25/h1-5,7H,6H2,(H,18,23)(H,19,20). The quantitative estimate of drug-likeness (QED) is 0.520. The second-order valence-corrected chi connectivity index (χ2v) is 5.82. The van der Waals surface area contributed by atoms with Crippen LogP contribution in [0.2, 0.25) is 10.0 Å². The lowest BCUT2D eigenvalue weighted by molar-refractivity contribution is -0.389. The van der Waals surface area contributed by atoms with Crippen molar-refractivity contribution in [2.75, 3.05) is 5.32 Å². The highest BCUT2D eigenvalue weighted by Crippen LogP contribution is 2.25. The fraction of sp³-hybridized carbons (Fsp3) is 0.0714. The Morgan fingerprint density at radius 1 is 1.40 bits per heavy atom. The number of amides is 1. The van der Waals surface area contributed by atoms with Crippen molar-refractivity contribution in [1.82, 2.24) is 20.0 Å². The summed E-state index contributed by atoms with van der Waals surface area (Å²) < 4.78 is 1.61. The molecule has 0 saturated carbocycles. The number of aromatic nitrogens is 4. The Bertz CT molecular complexity index is 952. The number of hydrogen-bond acceptors (Lipinski definition) is 5. The fourth-order valence-electron chi connectivity index (χ4n) is 2.12. The van der Waals surface area contributed by atoms with Gasteiger partial charge in [-0.2, -0.15) is 5.10 Å². The highest BCUT2D eigenvalue weighted by atomic mass is 35.5. The number of benzene rings is 1. The van der Waals surface area contributed by atoms with Crippen molar-refractivity contribution in [3.8, 4) is 0 Å². The van der Waals surface area contributed by atoms with E-state index in [2.05, 4.69) is 20.6 Å². The molecular weight excluding hydrogens is 371 g/mol. The second kappa shape index (κ2) is 6.91. The Morgan fingerprint density at radius 2 is 2.20 bits per heavy atom. The van der Waals surface area contributed by atoms with Crippen molar-refractivity contribution in [2.45, 2.75) is 6.54 Å². The van der Waals surface area contributed by atoms with E-state index < -0.39 is 16.6 Å². The molecule has 0 spiro atoms. The van der Waals surface area contributed by atoms with Gasteiger partial charge in [0.1, 0.15) is 0 Å². The van der Waals surface area contributed by atoms with Gasteiger partial charge in [-0.05, 0) is 22.6 Å². The van der Waals surface area contributed by atoms with Crippen molar-refractivity contribution in [2.24, 2.45) is 0 Å². The number of rotatable bonds is 5. The Morgan fingerprint density at radius 3 is 2.88 bits per heavy atom. The molecular formula is C14H10Cl2N6O3. The number of H-pyrrole nitrogens is 1. The highest BCUT2D eigenvalue weighted by Gasteiger charge is 2.25. The van der Waals surface area contributed by atoms with Gasteiger partial charge in [-0.25, -0.2) is 0 Å². The molecule has 0 unspecified atom stereocenters. The monoisotopic (exact) mass is 380 g/mol. The van der Waals surface area contributed by atoms with E-state index in [9.17, 15) is 14.9 Å². The summed E-state index contributed by atoms with van der Waals surface area (Å²) in [7, 11) is 0. The first-order chi connectivity index (χ1) is 11.9. The summed E-state index contributed by atoms with van der Waals surface area (Å²) in [6, 6.07) is 7.31. The van der Waals surface area contributed by atoms with Gasteiger partial charge in [0.25, 0.3) is 5.91 Å². The summed E-state index contributed by atoms with van der Waals surface area (Å²) in [5, 5.41) is 23.3. The van der Waals surface area contributed by atoms with Gasteiger partial charge < -0.3 is 15.4 Å². The van der Waals surface area contributed by atoms with E-state index in [4.69, 9.17) is 23.2 Å². The normalized spacial score (nSPS) is 10.6. The van der Waals surface area contributed by atoms with Crippen LogP contribution in [-0.2, 0) is 6.54 Å². The lowest BCUT2D eigenvalue weighted by Gasteiger charge is -2.02. The maximum absolute atomic E-state index is 12.1. The molecule has 3 aromatic rings. The summed E-state index contributed by atoms with van der Waals surface area (Å²) in [5.74, 6) is -1.22. The average molecular weight is 381 g/mol. The summed E-state index contributed by atoms with van der Waals surface area (Å²) in [4.78, 5) is 22.1. The third-order valence-electron chi connectivity index (χ3n) is 3.21. The molecule has 2 heterocycles. The first-order valence-corrected chi connectivity index (χ1v) is 7.66. The Labute approximate surface area is 150 Å². The fourth-order valence-corrected chi connectivity index (χ4v) is 2.57. The van der Waals surface area contributed by atoms with Crippen molar-refractivity contribution in [1.29, 1.82) is 0 Å². The van der Waals surface area contributed by atoms with Crippen LogP contribution in [0.15, 0.2) is 36.7 Å². The van der Waals surface area contributed by atoms with Crippen molar-refractivity contribution in [3.63, 3.8) is 0 Å². The van der Waals surface area contributed by atoms with Gasteiger partial charge in [0.05, 0.1) is 18.4 Å². The second-order valence-electron chi connectivity index (χ2n) is 5.00. The number of nitrogens with zero attached hydrogens (tertiary/aromatic N) is 4. The van der Waals surface area contributed by atoms with Crippen LogP contribution in [0.25, 0.3) is 0 Å². The van der Waals surface area contributed by atoms with E-state index in [-0.39, 0.29) is 10.7 Å². The third-order valence-corrected chi connectivity index (χ3v) is 3.80. The molecule has 0 saturated heterocycles. The first-order valence-electron chi connectivity index (χ1n) is 6.90. The Hall–Kier alpha value is -2.91. The summed E-state index contributed by atoms with van der Waals surface area (Å²) in [6.07, 6.45) is 3.05. The molecule has 1 aromatic carbocycles. The lowest BCUT2D eigenvalue weighted by Crippen LogP contribution is -2.12. The lowest BCUT2D eigenvalue weighted by atomic mass is 10.2. The van der Waals surface area contributed by atoms with Crippen LogP contribution >= 0.6 is 23.2 Å². The van der Waals surface area contributed by atoms with Gasteiger partial charge in [-0.1, -0.05) is 40.4 Å². The van der Waals surface area contributed by atoms with Crippen LogP contribution in [0.3, 0.4) is 0 Å². The van der Waals surface area contributed by atoms with E-state index in [1.54, 1.807) is 16.9 Å². The van der Waals surface area contributed by atoms with Crippen LogP contribution in [0, 0.1) is 10.1 Å². The predicted molar refractivity (Wildman–Crippen MR) is 91.0 cm³/mol. The molecule has 128 valence electrons. The smallest absolute Gasteiger partial charge is 0.358 e. The number of hydrogen-bond donors (Lipinski definition) is 2. The Kier molecular flexibility index (Phi) is 4.68. The maximum atomic E-state index is 12.1. The molecule has 1 amide bonds. The van der Waals surface area contributed by atoms with Crippen LogP contribution in [0.4, 0.5) is 11.5 Å². The van der Waals surface area contributed by atoms with Gasteiger partial charge in [-0.3, -0.25) is 9.48 Å². The average Bonchev–Trinajstić information content (AvgIpc) is 3.14. The largest absolute Gasteiger partial charge is 0.362 e. The molecule has 0 aliphatic heterocycles. The van der Waals surface area contributed by atoms with Crippen molar-refractivity contribution in [3.05, 3.63) is 68.1 Å². The molecule has 0 aliphatic rings. The number of nitrogens with one attached hydrogen (secondary N) is 2. The summed E-state index contributed by atoms with van der Waals surface area (Å²) >= 11 is 11.7. The minimum Gasteiger partial charge on any atom is -0.358 e. The zero-order valence-corrected chi connectivity index (χ0v) is 14.0. The van der Waals surface area contributed by atoms with E-state index in [1.165, 1.54) is 6.20 Å². The number of carbonyl (C=O) groups is 1. The molecule has 0 bridgehead atoms. The molecule has 2 aromatic heterocycles. The van der Waals surface area contributed by atoms with E-state index in [0.29, 0.717) is 17.3 Å². The predicted octanol–water partition coefficient (Wildman–Crippen LogP) is 3.12. The van der Waals surface area contributed by atoms with Gasteiger partial charge >= 0.3 is 5.82 Å². The van der Waals surface area contributed by atoms with E-state index >= 15 is 0 Å². The van der Waals surface area contributed by atoms with Crippen molar-refractivity contribution < 1.29 is 9.72 Å². The number of aromatic amines is 1. The maximum Gasteiger partial charge on any atom is 0.362 e. The SMILES string of the molecule is O=C(Nc1cnn(Cc2cccc(Cl)c2)c1)c1n[nH]c([N+](=O)[O-])c1Cl. The minimum atomic E-state index is -0.755. The zero-order valence-electron chi connectivity index (χ0n) is 12.4. The van der Waals surface area contributed by atoms with Gasteiger partial charge in [0.2, 0.25) is 0 Å². The van der Waals surface area contributed by atoms with Crippen LogP contribution in [0.5, 0.6) is 0 Å². The third kappa shape index (κ3) is 3.78. The van der Waals surface area contributed by atoms with Gasteiger partial charge in [0.15, 0.2) is 10.7 Å². The number of carbonyl (C=O) groups excluding carboxylic acids is 1. The molecule has 2 N–H and O–H groups in total. The van der Waals surface area contributed by atoms with Crippen LogP contribution < -0.4 is 5.32 Å². The molecule has 3 rings (SSSR count). The minimum absolute atomic E-state index is 0.268. The Balaban J connectivity index is 1.71. The summed E-state index contributed by atoms with van der Waals surface area (Å²) in [5.41, 5.74) is 1.07. The highest BCUT2D eigenvalue weighted by molar-refractivity contribution is 6.35. The van der Waals surface area contributed by atoms with E-state index in [0.717, 1.165) is 5.56 Å². The summed E-state index contributed by atoms with van der Waals surface area (Å²) in [6.45, 7) is 0.463. The molecule has 0 fully saturated rings. The molecule has 0 aliphatic carbocycles. The van der Waals surface area contributed by atoms with Gasteiger partial charge in [0, 0.05) is 11.2 Å². The topological polar surface area (TPSA) is 119 Å². The molecule has 0 atom stereocenters. The first kappa shape index (κ1) is 16.9. The van der Waals surface area contributed by atoms with Crippen LogP contribution in [-0.4, -0.2) is 30.8 Å². The van der Waals surface area contributed by atoms with E-state index in [1.807, 2.05) is 18.2 Å².